The van der Waals surface area contributed by atoms with Gasteiger partial charge in [-0.05, 0) is 19.4 Å². The van der Waals surface area contributed by atoms with Gasteiger partial charge in [0.05, 0.1) is 12.3 Å². The predicted molar refractivity (Wildman–Crippen MR) is 105 cm³/mol. The van der Waals surface area contributed by atoms with Crippen molar-refractivity contribution in [1.82, 2.24) is 14.5 Å². The molecule has 0 saturated heterocycles. The van der Waals surface area contributed by atoms with Gasteiger partial charge in [-0.25, -0.2) is 12.7 Å². The van der Waals surface area contributed by atoms with Crippen molar-refractivity contribution >= 4 is 16.0 Å². The van der Waals surface area contributed by atoms with Crippen molar-refractivity contribution in [3.8, 4) is 0 Å². The van der Waals surface area contributed by atoms with E-state index in [4.69, 9.17) is 0 Å². The standard InChI is InChI=1S/C18H32N4O2S/c1-6-19-18(20-13-14-25(23,24)22(7-2)8-3)21(5)15-17-11-9-16(4)10-12-17/h9-12H,6-8,13-15H2,1-5H3,(H,19,20). The normalized spacial score (nSPS) is 12.5. The summed E-state index contributed by atoms with van der Waals surface area (Å²) >= 11 is 0. The highest BCUT2D eigenvalue weighted by Crippen LogP contribution is 2.06. The lowest BCUT2D eigenvalue weighted by molar-refractivity contribution is 0.445. The van der Waals surface area contributed by atoms with Crippen LogP contribution >= 0.6 is 0 Å². The second kappa shape index (κ2) is 10.4. The zero-order valence-corrected chi connectivity index (χ0v) is 16.9. The number of guanidine groups is 1. The molecule has 25 heavy (non-hydrogen) atoms. The number of nitrogens with one attached hydrogen (secondary N) is 1. The Labute approximate surface area is 153 Å². The van der Waals surface area contributed by atoms with E-state index >= 15 is 0 Å². The molecule has 0 unspecified atom stereocenters. The van der Waals surface area contributed by atoms with Gasteiger partial charge >= 0.3 is 0 Å². The summed E-state index contributed by atoms with van der Waals surface area (Å²) in [5, 5.41) is 3.22. The fourth-order valence-electron chi connectivity index (χ4n) is 2.52. The quantitative estimate of drug-likeness (QED) is 0.535. The molecule has 0 aliphatic heterocycles. The zero-order chi connectivity index (χ0) is 18.9. The van der Waals surface area contributed by atoms with E-state index in [2.05, 4.69) is 41.5 Å². The minimum atomic E-state index is -3.24. The van der Waals surface area contributed by atoms with Gasteiger partial charge in [-0.2, -0.15) is 0 Å². The Hall–Kier alpha value is -1.60. The van der Waals surface area contributed by atoms with Crippen molar-refractivity contribution in [2.45, 2.75) is 34.2 Å². The van der Waals surface area contributed by atoms with Gasteiger partial charge in [0.25, 0.3) is 0 Å². The average molecular weight is 369 g/mol. The van der Waals surface area contributed by atoms with Crippen molar-refractivity contribution in [2.24, 2.45) is 4.99 Å². The van der Waals surface area contributed by atoms with Gasteiger partial charge in [-0.3, -0.25) is 4.99 Å². The molecular weight excluding hydrogens is 336 g/mol. The van der Waals surface area contributed by atoms with Crippen molar-refractivity contribution in [3.63, 3.8) is 0 Å². The van der Waals surface area contributed by atoms with Gasteiger partial charge < -0.3 is 10.2 Å². The highest BCUT2D eigenvalue weighted by molar-refractivity contribution is 7.89. The van der Waals surface area contributed by atoms with Crippen LogP contribution in [0.2, 0.25) is 0 Å². The van der Waals surface area contributed by atoms with Crippen LogP contribution < -0.4 is 5.32 Å². The maximum atomic E-state index is 12.2. The lowest BCUT2D eigenvalue weighted by Gasteiger charge is -2.22. The van der Waals surface area contributed by atoms with Crippen LogP contribution in [0.25, 0.3) is 0 Å². The smallest absolute Gasteiger partial charge is 0.215 e. The molecule has 0 bridgehead atoms. The number of rotatable bonds is 9. The van der Waals surface area contributed by atoms with E-state index in [0.29, 0.717) is 13.1 Å². The number of nitrogens with zero attached hydrogens (tertiary/aromatic N) is 3. The average Bonchev–Trinajstić information content (AvgIpc) is 2.56. The summed E-state index contributed by atoms with van der Waals surface area (Å²) in [6, 6.07) is 8.37. The summed E-state index contributed by atoms with van der Waals surface area (Å²) in [4.78, 5) is 6.50. The maximum Gasteiger partial charge on any atom is 0.215 e. The summed E-state index contributed by atoms with van der Waals surface area (Å²) in [6.07, 6.45) is 0. The molecule has 0 fully saturated rings. The third kappa shape index (κ3) is 7.04. The minimum Gasteiger partial charge on any atom is -0.357 e. The van der Waals surface area contributed by atoms with Crippen molar-refractivity contribution in [1.29, 1.82) is 0 Å². The molecule has 0 aromatic heterocycles. The number of hydrogen-bond acceptors (Lipinski definition) is 3. The lowest BCUT2D eigenvalue weighted by atomic mass is 10.1. The van der Waals surface area contributed by atoms with E-state index in [1.165, 1.54) is 15.4 Å². The predicted octanol–water partition coefficient (Wildman–Crippen LogP) is 2.06. The molecule has 1 aromatic carbocycles. The second-order valence-electron chi connectivity index (χ2n) is 5.98. The monoisotopic (exact) mass is 368 g/mol. The van der Waals surface area contributed by atoms with Crippen LogP contribution in [0.3, 0.4) is 0 Å². The molecule has 7 heteroatoms. The first-order chi connectivity index (χ1) is 11.8. The third-order valence-corrected chi connectivity index (χ3v) is 5.95. The van der Waals surface area contributed by atoms with E-state index in [1.807, 2.05) is 32.7 Å². The van der Waals surface area contributed by atoms with Crippen LogP contribution in [0, 0.1) is 6.92 Å². The van der Waals surface area contributed by atoms with Crippen LogP contribution in [-0.2, 0) is 16.6 Å². The molecule has 0 saturated carbocycles. The summed E-state index contributed by atoms with van der Waals surface area (Å²) in [6.45, 7) is 10.5. The van der Waals surface area contributed by atoms with Crippen molar-refractivity contribution < 1.29 is 8.42 Å². The van der Waals surface area contributed by atoms with E-state index in [-0.39, 0.29) is 12.3 Å². The SMILES string of the molecule is CCNC(=NCCS(=O)(=O)N(CC)CC)N(C)Cc1ccc(C)cc1. The molecule has 0 spiro atoms. The molecule has 1 N–H and O–H groups in total. The Balaban J connectivity index is 2.74. The number of aliphatic imine (C=N–C) groups is 1. The first-order valence-corrected chi connectivity index (χ1v) is 10.5. The van der Waals surface area contributed by atoms with Gasteiger partial charge in [0, 0.05) is 33.2 Å². The minimum absolute atomic E-state index is 0.0297. The number of aryl methyl sites for hydroxylation is 1. The molecule has 142 valence electrons. The van der Waals surface area contributed by atoms with Gasteiger partial charge in [-0.1, -0.05) is 43.7 Å². The molecule has 0 atom stereocenters. The maximum absolute atomic E-state index is 12.2. The van der Waals surface area contributed by atoms with Gasteiger partial charge in [0.15, 0.2) is 5.96 Å². The van der Waals surface area contributed by atoms with E-state index in [9.17, 15) is 8.42 Å². The first-order valence-electron chi connectivity index (χ1n) is 8.86. The number of benzene rings is 1. The third-order valence-electron chi connectivity index (χ3n) is 3.95. The summed E-state index contributed by atoms with van der Waals surface area (Å²) < 4.78 is 26.0. The van der Waals surface area contributed by atoms with E-state index < -0.39 is 10.0 Å². The van der Waals surface area contributed by atoms with Gasteiger partial charge in [0.1, 0.15) is 0 Å². The van der Waals surface area contributed by atoms with Gasteiger partial charge in [-0.15, -0.1) is 0 Å². The highest BCUT2D eigenvalue weighted by Gasteiger charge is 2.18. The molecule has 0 radical (unpaired) electrons. The number of hydrogen-bond donors (Lipinski definition) is 1. The topological polar surface area (TPSA) is 65.0 Å². The molecule has 0 heterocycles. The highest BCUT2D eigenvalue weighted by atomic mass is 32.2. The Bertz CT molecular complexity index is 638. The molecule has 0 amide bonds. The molecule has 6 nitrogen and oxygen atoms in total. The second-order valence-corrected chi connectivity index (χ2v) is 8.07. The largest absolute Gasteiger partial charge is 0.357 e. The van der Waals surface area contributed by atoms with Crippen LogP contribution in [0.15, 0.2) is 29.3 Å². The van der Waals surface area contributed by atoms with E-state index in [1.54, 1.807) is 0 Å². The molecule has 0 aliphatic carbocycles. The molecular formula is C18H32N4O2S. The van der Waals surface area contributed by atoms with Crippen LogP contribution in [0.4, 0.5) is 0 Å². The fourth-order valence-corrected chi connectivity index (χ4v) is 3.89. The van der Waals surface area contributed by atoms with Crippen molar-refractivity contribution in [3.05, 3.63) is 35.4 Å². The van der Waals surface area contributed by atoms with Crippen LogP contribution in [0.5, 0.6) is 0 Å². The summed E-state index contributed by atoms with van der Waals surface area (Å²) in [5.41, 5.74) is 2.42. The van der Waals surface area contributed by atoms with Crippen LogP contribution in [0.1, 0.15) is 31.9 Å². The first kappa shape index (κ1) is 21.4. The fraction of sp³-hybridized carbons (Fsp3) is 0.611. The van der Waals surface area contributed by atoms with Crippen LogP contribution in [-0.4, -0.2) is 62.6 Å². The summed E-state index contributed by atoms with van der Waals surface area (Å²) in [5.74, 6) is 0.750. The van der Waals surface area contributed by atoms with E-state index in [0.717, 1.165) is 19.0 Å². The molecule has 1 aromatic rings. The Morgan fingerprint density at radius 2 is 1.72 bits per heavy atom. The Morgan fingerprint density at radius 1 is 1.12 bits per heavy atom. The van der Waals surface area contributed by atoms with Gasteiger partial charge in [0.2, 0.25) is 10.0 Å². The summed E-state index contributed by atoms with van der Waals surface area (Å²) in [7, 11) is -1.28. The van der Waals surface area contributed by atoms with Crippen molar-refractivity contribution in [2.75, 3.05) is 39.0 Å². The molecule has 1 rings (SSSR count). The Morgan fingerprint density at radius 3 is 2.24 bits per heavy atom. The number of sulfonamides is 1. The Kier molecular flexibility index (Phi) is 8.92. The molecule has 0 aliphatic rings. The lowest BCUT2D eigenvalue weighted by Crippen LogP contribution is -2.39. The zero-order valence-electron chi connectivity index (χ0n) is 16.1.